The van der Waals surface area contributed by atoms with Gasteiger partial charge in [-0.2, -0.15) is 0 Å². The molecule has 2 aromatic carbocycles. The molecule has 0 radical (unpaired) electrons. The van der Waals surface area contributed by atoms with E-state index in [4.69, 9.17) is 4.74 Å². The van der Waals surface area contributed by atoms with Crippen molar-refractivity contribution >= 4 is 23.3 Å². The molecule has 0 aliphatic heterocycles. The third-order valence-corrected chi connectivity index (χ3v) is 3.56. The zero-order chi connectivity index (χ0) is 20.0. The minimum absolute atomic E-state index is 0.0258. The van der Waals surface area contributed by atoms with Crippen molar-refractivity contribution in [1.29, 1.82) is 0 Å². The lowest BCUT2D eigenvalue weighted by Crippen LogP contribution is -2.47. The minimum Gasteiger partial charge on any atom is -0.481 e. The van der Waals surface area contributed by atoms with Crippen LogP contribution in [-0.2, 0) is 4.79 Å². The number of hydrogen-bond donors (Lipinski definition) is 2. The quantitative estimate of drug-likeness (QED) is 0.454. The Kier molecular flexibility index (Phi) is 6.21. The molecule has 1 unspecified atom stereocenters. The third kappa shape index (κ3) is 5.36. The van der Waals surface area contributed by atoms with Crippen molar-refractivity contribution in [3.05, 3.63) is 69.8 Å². The lowest BCUT2D eigenvalue weighted by molar-refractivity contribution is -0.384. The fraction of sp³-hybridized carbons (Fsp3) is 0.167. The van der Waals surface area contributed by atoms with Gasteiger partial charge in [0.05, 0.1) is 4.92 Å². The number of ether oxygens (including phenoxy) is 1. The van der Waals surface area contributed by atoms with E-state index in [9.17, 15) is 24.5 Å². The Morgan fingerprint density at radius 2 is 1.70 bits per heavy atom. The summed E-state index contributed by atoms with van der Waals surface area (Å²) in [4.78, 5) is 45.3. The highest BCUT2D eigenvalue weighted by Crippen LogP contribution is 2.15. The number of Topliss-reactive ketones (excluding diaryl/α,β-unsaturated/α-hetero) is 1. The molecule has 0 aliphatic rings. The van der Waals surface area contributed by atoms with E-state index in [1.54, 1.807) is 24.3 Å². The Balaban J connectivity index is 1.90. The number of rotatable bonds is 6. The Hall–Kier alpha value is -3.75. The predicted molar refractivity (Wildman–Crippen MR) is 95.2 cm³/mol. The van der Waals surface area contributed by atoms with Gasteiger partial charge in [-0.05, 0) is 44.2 Å². The number of nitrogens with zero attached hydrogens (tertiary/aromatic N) is 1. The first-order valence-corrected chi connectivity index (χ1v) is 7.90. The van der Waals surface area contributed by atoms with Gasteiger partial charge in [0.25, 0.3) is 17.5 Å². The van der Waals surface area contributed by atoms with E-state index in [1.807, 2.05) is 0 Å². The molecule has 9 heteroatoms. The number of hydrazine groups is 1. The second kappa shape index (κ2) is 8.56. The van der Waals surface area contributed by atoms with Crippen molar-refractivity contribution in [2.24, 2.45) is 0 Å². The molecule has 0 aliphatic carbocycles. The predicted octanol–water partition coefficient (Wildman–Crippen LogP) is 2.03. The van der Waals surface area contributed by atoms with Crippen LogP contribution >= 0.6 is 0 Å². The van der Waals surface area contributed by atoms with Crippen molar-refractivity contribution < 1.29 is 24.0 Å². The summed E-state index contributed by atoms with van der Waals surface area (Å²) in [5.41, 5.74) is 4.67. The average molecular weight is 371 g/mol. The largest absolute Gasteiger partial charge is 0.481 e. The Bertz CT molecular complexity index is 879. The number of carbonyl (C=O) groups excluding carboxylic acids is 3. The number of nitro benzene ring substituents is 1. The molecule has 0 fully saturated rings. The van der Waals surface area contributed by atoms with Crippen LogP contribution in [0.1, 0.15) is 34.6 Å². The van der Waals surface area contributed by atoms with Gasteiger partial charge < -0.3 is 4.74 Å². The van der Waals surface area contributed by atoms with E-state index >= 15 is 0 Å². The summed E-state index contributed by atoms with van der Waals surface area (Å²) in [5, 5.41) is 10.7. The van der Waals surface area contributed by atoms with Crippen LogP contribution in [0.4, 0.5) is 5.69 Å². The van der Waals surface area contributed by atoms with Crippen LogP contribution < -0.4 is 15.6 Å². The smallest absolute Gasteiger partial charge is 0.279 e. The zero-order valence-electron chi connectivity index (χ0n) is 14.6. The van der Waals surface area contributed by atoms with Crippen molar-refractivity contribution in [2.75, 3.05) is 0 Å². The lowest BCUT2D eigenvalue weighted by atomic mass is 10.1. The van der Waals surface area contributed by atoms with E-state index in [1.165, 1.54) is 32.0 Å². The van der Waals surface area contributed by atoms with Crippen LogP contribution in [0, 0.1) is 10.1 Å². The van der Waals surface area contributed by atoms with Crippen LogP contribution in [0.15, 0.2) is 48.5 Å². The summed E-state index contributed by atoms with van der Waals surface area (Å²) in [6.07, 6.45) is -0.932. The van der Waals surface area contributed by atoms with Gasteiger partial charge in [-0.15, -0.1) is 0 Å². The SMILES string of the molecule is CC(=O)c1ccc(OC(C)C(=O)NNC(=O)c2cccc([N+](=O)[O-])c2)cc1. The molecule has 2 rings (SSSR count). The molecule has 2 aromatic rings. The summed E-state index contributed by atoms with van der Waals surface area (Å²) in [6, 6.07) is 11.4. The molecular formula is C18H17N3O6. The second-order valence-corrected chi connectivity index (χ2v) is 5.59. The van der Waals surface area contributed by atoms with Gasteiger partial charge in [-0.3, -0.25) is 35.3 Å². The van der Waals surface area contributed by atoms with Crippen LogP contribution in [0.5, 0.6) is 5.75 Å². The maximum Gasteiger partial charge on any atom is 0.279 e. The van der Waals surface area contributed by atoms with Crippen LogP contribution in [0.2, 0.25) is 0 Å². The Morgan fingerprint density at radius 1 is 1.04 bits per heavy atom. The molecule has 2 amide bonds. The number of nitrogens with one attached hydrogen (secondary N) is 2. The maximum atomic E-state index is 12.0. The Morgan fingerprint density at radius 3 is 2.30 bits per heavy atom. The van der Waals surface area contributed by atoms with Gasteiger partial charge in [0.1, 0.15) is 5.75 Å². The third-order valence-electron chi connectivity index (χ3n) is 3.56. The molecule has 27 heavy (non-hydrogen) atoms. The fourth-order valence-corrected chi connectivity index (χ4v) is 2.08. The topological polar surface area (TPSA) is 128 Å². The summed E-state index contributed by atoms with van der Waals surface area (Å²) >= 11 is 0. The first-order valence-electron chi connectivity index (χ1n) is 7.90. The number of benzene rings is 2. The summed E-state index contributed by atoms with van der Waals surface area (Å²) in [6.45, 7) is 2.92. The highest BCUT2D eigenvalue weighted by Gasteiger charge is 2.17. The van der Waals surface area contributed by atoms with Gasteiger partial charge in [0.2, 0.25) is 0 Å². The highest BCUT2D eigenvalue weighted by atomic mass is 16.6. The van der Waals surface area contributed by atoms with Crippen molar-refractivity contribution in [2.45, 2.75) is 20.0 Å². The van der Waals surface area contributed by atoms with E-state index in [0.717, 1.165) is 6.07 Å². The highest BCUT2D eigenvalue weighted by molar-refractivity contribution is 5.96. The van der Waals surface area contributed by atoms with Gasteiger partial charge in [0, 0.05) is 23.3 Å². The van der Waals surface area contributed by atoms with E-state index < -0.39 is 22.8 Å². The summed E-state index contributed by atoms with van der Waals surface area (Å²) in [7, 11) is 0. The van der Waals surface area contributed by atoms with Crippen LogP contribution in [0.25, 0.3) is 0 Å². The van der Waals surface area contributed by atoms with Gasteiger partial charge in [-0.1, -0.05) is 6.07 Å². The van der Waals surface area contributed by atoms with E-state index in [-0.39, 0.29) is 17.0 Å². The molecule has 0 saturated carbocycles. The number of carbonyl (C=O) groups is 3. The normalized spacial score (nSPS) is 11.2. The molecule has 0 aromatic heterocycles. The van der Waals surface area contributed by atoms with Crippen molar-refractivity contribution in [3.8, 4) is 5.75 Å². The Labute approximate surface area is 154 Å². The molecule has 0 saturated heterocycles. The van der Waals surface area contributed by atoms with Crippen molar-refractivity contribution in [3.63, 3.8) is 0 Å². The number of ketones is 1. The molecule has 140 valence electrons. The molecule has 2 N–H and O–H groups in total. The monoisotopic (exact) mass is 371 g/mol. The molecule has 9 nitrogen and oxygen atoms in total. The van der Waals surface area contributed by atoms with Gasteiger partial charge in [-0.25, -0.2) is 0 Å². The fourth-order valence-electron chi connectivity index (χ4n) is 2.08. The van der Waals surface area contributed by atoms with E-state index in [0.29, 0.717) is 11.3 Å². The number of nitro groups is 1. The number of amides is 2. The van der Waals surface area contributed by atoms with Crippen molar-refractivity contribution in [1.82, 2.24) is 10.9 Å². The van der Waals surface area contributed by atoms with E-state index in [2.05, 4.69) is 10.9 Å². The molecule has 0 spiro atoms. The van der Waals surface area contributed by atoms with Gasteiger partial charge >= 0.3 is 0 Å². The summed E-state index contributed by atoms with van der Waals surface area (Å²) < 4.78 is 5.44. The summed E-state index contributed by atoms with van der Waals surface area (Å²) in [5.74, 6) is -1.03. The van der Waals surface area contributed by atoms with Crippen LogP contribution in [-0.4, -0.2) is 28.6 Å². The number of non-ortho nitro benzene ring substituents is 1. The molecule has 1 atom stereocenters. The van der Waals surface area contributed by atoms with Gasteiger partial charge in [0.15, 0.2) is 11.9 Å². The average Bonchev–Trinajstić information content (AvgIpc) is 2.66. The molecule has 0 heterocycles. The van der Waals surface area contributed by atoms with Crippen LogP contribution in [0.3, 0.4) is 0 Å². The standard InChI is InChI=1S/C18H17N3O6/c1-11(22)13-6-8-16(9-7-13)27-12(2)17(23)19-20-18(24)14-4-3-5-15(10-14)21(25)26/h3-10,12H,1-2H3,(H,19,23)(H,20,24). The molecular weight excluding hydrogens is 354 g/mol. The maximum absolute atomic E-state index is 12.0. The number of hydrogen-bond acceptors (Lipinski definition) is 6. The zero-order valence-corrected chi connectivity index (χ0v) is 14.6. The lowest BCUT2D eigenvalue weighted by Gasteiger charge is -2.15. The second-order valence-electron chi connectivity index (χ2n) is 5.59. The minimum atomic E-state index is -0.932. The molecule has 0 bridgehead atoms. The first-order chi connectivity index (χ1) is 12.8. The first kappa shape index (κ1) is 19.6.